The van der Waals surface area contributed by atoms with Gasteiger partial charge in [0.1, 0.15) is 6.04 Å². The van der Waals surface area contributed by atoms with Gasteiger partial charge < -0.3 is 10.1 Å². The van der Waals surface area contributed by atoms with Crippen molar-refractivity contribution < 1.29 is 27.5 Å². The van der Waals surface area contributed by atoms with Crippen LogP contribution < -0.4 is 5.32 Å². The molecule has 0 saturated heterocycles. The maximum atomic E-state index is 12.7. The Morgan fingerprint density at radius 2 is 1.91 bits per heavy atom. The molecule has 0 radical (unpaired) electrons. The summed E-state index contributed by atoms with van der Waals surface area (Å²) < 4.78 is 42.6. The van der Waals surface area contributed by atoms with Gasteiger partial charge in [-0.15, -0.1) is 0 Å². The van der Waals surface area contributed by atoms with E-state index in [0.717, 1.165) is 19.2 Å². The molecule has 4 nitrogen and oxygen atoms in total. The van der Waals surface area contributed by atoms with E-state index in [1.807, 2.05) is 0 Å². The van der Waals surface area contributed by atoms with Crippen LogP contribution in [0.5, 0.6) is 0 Å². The van der Waals surface area contributed by atoms with Gasteiger partial charge in [-0.05, 0) is 11.6 Å². The molecule has 22 heavy (non-hydrogen) atoms. The standard InChI is InChI=1S/C15H18F3NO3/c1-9(2)13(20)19-12(14(21)22-3)8-10-5-4-6-11(7-10)15(16,17)18/h4-7,9,12H,8H2,1-3H3,(H,19,20)/t12-/m1/s1. The molecule has 0 aliphatic heterocycles. The number of halogens is 3. The molecule has 1 aromatic rings. The summed E-state index contributed by atoms with van der Waals surface area (Å²) in [6, 6.07) is 3.60. The van der Waals surface area contributed by atoms with Gasteiger partial charge in [0.05, 0.1) is 12.7 Å². The van der Waals surface area contributed by atoms with Gasteiger partial charge in [0.25, 0.3) is 0 Å². The van der Waals surface area contributed by atoms with Gasteiger partial charge in [0.2, 0.25) is 5.91 Å². The van der Waals surface area contributed by atoms with Crippen LogP contribution in [0.2, 0.25) is 0 Å². The normalized spacial score (nSPS) is 12.9. The Morgan fingerprint density at radius 1 is 1.27 bits per heavy atom. The number of hydrogen-bond acceptors (Lipinski definition) is 3. The summed E-state index contributed by atoms with van der Waals surface area (Å²) >= 11 is 0. The van der Waals surface area contributed by atoms with E-state index in [0.29, 0.717) is 0 Å². The molecule has 0 aliphatic carbocycles. The van der Waals surface area contributed by atoms with Gasteiger partial charge in [-0.1, -0.05) is 32.0 Å². The van der Waals surface area contributed by atoms with E-state index in [2.05, 4.69) is 10.1 Å². The van der Waals surface area contributed by atoms with Crippen LogP contribution >= 0.6 is 0 Å². The average molecular weight is 317 g/mol. The highest BCUT2D eigenvalue weighted by Gasteiger charge is 2.31. The van der Waals surface area contributed by atoms with E-state index >= 15 is 0 Å². The summed E-state index contributed by atoms with van der Waals surface area (Å²) in [5.74, 6) is -1.43. The number of carbonyl (C=O) groups is 2. The number of methoxy groups -OCH3 is 1. The zero-order valence-corrected chi connectivity index (χ0v) is 12.5. The minimum absolute atomic E-state index is 0.0744. The summed E-state index contributed by atoms with van der Waals surface area (Å²) in [6.07, 6.45) is -4.53. The first-order chi connectivity index (χ1) is 10.1. The Balaban J connectivity index is 2.95. The highest BCUT2D eigenvalue weighted by atomic mass is 19.4. The second-order valence-corrected chi connectivity index (χ2v) is 5.14. The Bertz CT molecular complexity index is 541. The predicted octanol–water partition coefficient (Wildman–Crippen LogP) is 2.56. The van der Waals surface area contributed by atoms with E-state index in [1.54, 1.807) is 13.8 Å². The van der Waals surface area contributed by atoms with Crippen LogP contribution in [-0.4, -0.2) is 25.0 Å². The number of carbonyl (C=O) groups excluding carboxylic acids is 2. The van der Waals surface area contributed by atoms with Gasteiger partial charge in [-0.2, -0.15) is 13.2 Å². The molecule has 1 rings (SSSR count). The second kappa shape index (κ2) is 7.29. The topological polar surface area (TPSA) is 55.4 Å². The molecule has 122 valence electrons. The smallest absolute Gasteiger partial charge is 0.416 e. The molecule has 7 heteroatoms. The maximum absolute atomic E-state index is 12.7. The molecular formula is C15H18F3NO3. The van der Waals surface area contributed by atoms with E-state index in [4.69, 9.17) is 0 Å². The molecule has 0 bridgehead atoms. The minimum Gasteiger partial charge on any atom is -0.467 e. The Labute approximate surface area is 126 Å². The average Bonchev–Trinajstić information content (AvgIpc) is 2.44. The molecule has 1 aromatic carbocycles. The third-order valence-corrected chi connectivity index (χ3v) is 3.02. The van der Waals surface area contributed by atoms with Gasteiger partial charge in [0, 0.05) is 12.3 Å². The highest BCUT2D eigenvalue weighted by molar-refractivity contribution is 5.85. The van der Waals surface area contributed by atoms with Crippen molar-refractivity contribution in [1.82, 2.24) is 5.32 Å². The Hall–Kier alpha value is -2.05. The third kappa shape index (κ3) is 5.05. The van der Waals surface area contributed by atoms with Crippen molar-refractivity contribution in [3.63, 3.8) is 0 Å². The summed E-state index contributed by atoms with van der Waals surface area (Å²) in [5.41, 5.74) is -0.516. The van der Waals surface area contributed by atoms with Gasteiger partial charge in [-0.3, -0.25) is 4.79 Å². The molecule has 0 saturated carbocycles. The van der Waals surface area contributed by atoms with Crippen LogP contribution in [0.4, 0.5) is 13.2 Å². The Morgan fingerprint density at radius 3 is 2.41 bits per heavy atom. The van der Waals surface area contributed by atoms with Crippen molar-refractivity contribution in [2.75, 3.05) is 7.11 Å². The lowest BCUT2D eigenvalue weighted by Gasteiger charge is -2.18. The lowest BCUT2D eigenvalue weighted by Crippen LogP contribution is -2.44. The summed E-state index contributed by atoms with van der Waals surface area (Å²) in [7, 11) is 1.16. The molecule has 0 heterocycles. The van der Waals surface area contributed by atoms with E-state index in [1.165, 1.54) is 12.1 Å². The molecule has 0 unspecified atom stereocenters. The minimum atomic E-state index is -4.46. The van der Waals surface area contributed by atoms with Crippen LogP contribution in [-0.2, 0) is 26.9 Å². The van der Waals surface area contributed by atoms with Crippen molar-refractivity contribution in [2.45, 2.75) is 32.5 Å². The van der Waals surface area contributed by atoms with Crippen molar-refractivity contribution in [3.05, 3.63) is 35.4 Å². The van der Waals surface area contributed by atoms with Gasteiger partial charge in [-0.25, -0.2) is 4.79 Å². The van der Waals surface area contributed by atoms with Crippen molar-refractivity contribution in [1.29, 1.82) is 0 Å². The number of esters is 1. The van der Waals surface area contributed by atoms with Crippen LogP contribution in [0.15, 0.2) is 24.3 Å². The zero-order valence-electron chi connectivity index (χ0n) is 12.5. The zero-order chi connectivity index (χ0) is 16.9. The number of hydrogen-bond donors (Lipinski definition) is 1. The second-order valence-electron chi connectivity index (χ2n) is 5.14. The number of alkyl halides is 3. The van der Waals surface area contributed by atoms with Gasteiger partial charge in [0.15, 0.2) is 0 Å². The molecule has 0 spiro atoms. The van der Waals surface area contributed by atoms with Crippen LogP contribution in [0.3, 0.4) is 0 Å². The molecule has 1 atom stereocenters. The van der Waals surface area contributed by atoms with Crippen LogP contribution in [0, 0.1) is 5.92 Å². The van der Waals surface area contributed by atoms with Crippen molar-refractivity contribution in [3.8, 4) is 0 Å². The molecule has 1 amide bonds. The molecule has 1 N–H and O–H groups in total. The number of benzene rings is 1. The fraction of sp³-hybridized carbons (Fsp3) is 0.467. The lowest BCUT2D eigenvalue weighted by atomic mass is 10.0. The van der Waals surface area contributed by atoms with E-state index < -0.39 is 23.8 Å². The van der Waals surface area contributed by atoms with Crippen LogP contribution in [0.25, 0.3) is 0 Å². The fourth-order valence-corrected chi connectivity index (χ4v) is 1.78. The van der Waals surface area contributed by atoms with Gasteiger partial charge >= 0.3 is 12.1 Å². The lowest BCUT2D eigenvalue weighted by molar-refractivity contribution is -0.145. The summed E-state index contributed by atoms with van der Waals surface area (Å²) in [6.45, 7) is 3.29. The molecular weight excluding hydrogens is 299 g/mol. The van der Waals surface area contributed by atoms with Crippen molar-refractivity contribution in [2.24, 2.45) is 5.92 Å². The highest BCUT2D eigenvalue weighted by Crippen LogP contribution is 2.29. The monoisotopic (exact) mass is 317 g/mol. The summed E-state index contributed by atoms with van der Waals surface area (Å²) in [5, 5.41) is 2.48. The number of ether oxygens (including phenoxy) is 1. The van der Waals surface area contributed by atoms with Crippen molar-refractivity contribution >= 4 is 11.9 Å². The summed E-state index contributed by atoms with van der Waals surface area (Å²) in [4.78, 5) is 23.4. The number of rotatable bonds is 5. The fourth-order valence-electron chi connectivity index (χ4n) is 1.78. The van der Waals surface area contributed by atoms with Crippen LogP contribution in [0.1, 0.15) is 25.0 Å². The quantitative estimate of drug-likeness (QED) is 0.849. The number of nitrogens with one attached hydrogen (secondary N) is 1. The molecule has 0 aromatic heterocycles. The number of amides is 1. The third-order valence-electron chi connectivity index (χ3n) is 3.02. The van der Waals surface area contributed by atoms with E-state index in [-0.39, 0.29) is 23.8 Å². The maximum Gasteiger partial charge on any atom is 0.416 e. The Kier molecular flexibility index (Phi) is 5.96. The molecule has 0 aliphatic rings. The first-order valence-electron chi connectivity index (χ1n) is 6.69. The first-order valence-corrected chi connectivity index (χ1v) is 6.69. The predicted molar refractivity (Wildman–Crippen MR) is 73.9 cm³/mol. The SMILES string of the molecule is COC(=O)[C@@H](Cc1cccc(C(F)(F)F)c1)NC(=O)C(C)C. The van der Waals surface area contributed by atoms with E-state index in [9.17, 15) is 22.8 Å². The largest absolute Gasteiger partial charge is 0.467 e. The molecule has 0 fully saturated rings. The first kappa shape index (κ1) is 18.0.